The van der Waals surface area contributed by atoms with Gasteiger partial charge in [-0.15, -0.1) is 0 Å². The Balaban J connectivity index is 4.62. The van der Waals surface area contributed by atoms with Gasteiger partial charge in [0.25, 0.3) is 10.1 Å². The molecule has 0 amide bonds. The number of esters is 1. The summed E-state index contributed by atoms with van der Waals surface area (Å²) in [7, 11) is -4.21. The second kappa shape index (κ2) is 8.47. The van der Waals surface area contributed by atoms with Crippen LogP contribution in [0.2, 0.25) is 0 Å². The molecule has 0 rings (SSSR count). The molecule has 0 aliphatic heterocycles. The number of ether oxygens (including phenoxy) is 1. The van der Waals surface area contributed by atoms with E-state index in [1.165, 1.54) is 0 Å². The summed E-state index contributed by atoms with van der Waals surface area (Å²) < 4.78 is 35.8. The zero-order chi connectivity index (χ0) is 16.7. The molecular weight excluding hydrogens is 298 g/mol. The molecular formula is C13H26NO6S+. The highest BCUT2D eigenvalue weighted by Gasteiger charge is 2.29. The van der Waals surface area contributed by atoms with Crippen molar-refractivity contribution in [3.63, 3.8) is 0 Å². The first kappa shape index (κ1) is 20.0. The second-order valence-corrected chi connectivity index (χ2v) is 6.70. The zero-order valence-electron chi connectivity index (χ0n) is 12.9. The molecule has 0 aromatic heterocycles. The average molecular weight is 324 g/mol. The number of aliphatic hydroxyl groups is 1. The zero-order valence-corrected chi connectivity index (χ0v) is 13.7. The van der Waals surface area contributed by atoms with Gasteiger partial charge >= 0.3 is 5.97 Å². The minimum Gasteiger partial charge on any atom is -0.456 e. The van der Waals surface area contributed by atoms with Crippen molar-refractivity contribution >= 4 is 16.1 Å². The highest BCUT2D eigenvalue weighted by molar-refractivity contribution is 7.85. The minimum atomic E-state index is -4.21. The van der Waals surface area contributed by atoms with Gasteiger partial charge in [-0.3, -0.25) is 4.55 Å². The number of nitrogens with zero attached hydrogens (tertiary/aromatic N) is 1. The van der Waals surface area contributed by atoms with E-state index >= 15 is 0 Å². The summed E-state index contributed by atoms with van der Waals surface area (Å²) in [6.45, 7) is 10.9. The predicted octanol–water partition coefficient (Wildman–Crippen LogP) is 0.211. The van der Waals surface area contributed by atoms with E-state index in [-0.39, 0.29) is 13.2 Å². The van der Waals surface area contributed by atoms with Crippen LogP contribution in [0.3, 0.4) is 0 Å². The van der Waals surface area contributed by atoms with Crippen LogP contribution >= 0.6 is 0 Å². The number of quaternary nitrogens is 1. The summed E-state index contributed by atoms with van der Waals surface area (Å²) in [4.78, 5) is 11.3. The SMILES string of the molecule is C=C(C)C(=O)OCC[N+](CC)(CC)CC(O)CS(=O)(=O)O. The summed E-state index contributed by atoms with van der Waals surface area (Å²) in [6, 6.07) is 0. The molecule has 0 aliphatic rings. The lowest BCUT2D eigenvalue weighted by Crippen LogP contribution is -2.54. The molecule has 21 heavy (non-hydrogen) atoms. The van der Waals surface area contributed by atoms with E-state index < -0.39 is 27.9 Å². The maximum atomic E-state index is 11.3. The molecule has 0 radical (unpaired) electrons. The van der Waals surface area contributed by atoms with Crippen molar-refractivity contribution in [1.29, 1.82) is 0 Å². The van der Waals surface area contributed by atoms with Gasteiger partial charge in [0, 0.05) is 5.57 Å². The quantitative estimate of drug-likeness (QED) is 0.258. The Kier molecular flexibility index (Phi) is 8.09. The summed E-state index contributed by atoms with van der Waals surface area (Å²) in [5.74, 6) is -1.17. The van der Waals surface area contributed by atoms with Crippen molar-refractivity contribution in [2.45, 2.75) is 26.9 Å². The molecule has 0 spiro atoms. The first-order valence-electron chi connectivity index (χ1n) is 6.86. The Morgan fingerprint density at radius 1 is 1.33 bits per heavy atom. The molecule has 2 N–H and O–H groups in total. The fourth-order valence-electron chi connectivity index (χ4n) is 2.09. The second-order valence-electron chi connectivity index (χ2n) is 5.20. The van der Waals surface area contributed by atoms with Gasteiger partial charge in [0.05, 0.1) is 13.1 Å². The highest BCUT2D eigenvalue weighted by atomic mass is 32.2. The van der Waals surface area contributed by atoms with E-state index in [2.05, 4.69) is 6.58 Å². The normalized spacial score (nSPS) is 13.8. The van der Waals surface area contributed by atoms with Crippen molar-refractivity contribution in [3.05, 3.63) is 12.2 Å². The van der Waals surface area contributed by atoms with Gasteiger partial charge in [-0.2, -0.15) is 8.42 Å². The van der Waals surface area contributed by atoms with E-state index in [9.17, 15) is 18.3 Å². The molecule has 0 aliphatic carbocycles. The van der Waals surface area contributed by atoms with Crippen LogP contribution in [0.5, 0.6) is 0 Å². The Bertz CT molecular complexity index is 455. The molecule has 0 fully saturated rings. The number of carbonyl (C=O) groups is 1. The molecule has 124 valence electrons. The van der Waals surface area contributed by atoms with Crippen LogP contribution in [-0.2, 0) is 19.6 Å². The minimum absolute atomic E-state index is 0.159. The number of aliphatic hydroxyl groups excluding tert-OH is 1. The predicted molar refractivity (Wildman–Crippen MR) is 79.3 cm³/mol. The van der Waals surface area contributed by atoms with E-state index in [4.69, 9.17) is 9.29 Å². The fourth-order valence-corrected chi connectivity index (χ4v) is 2.68. The average Bonchev–Trinajstić information content (AvgIpc) is 2.34. The largest absolute Gasteiger partial charge is 0.456 e. The van der Waals surface area contributed by atoms with E-state index in [1.54, 1.807) is 6.92 Å². The molecule has 1 atom stereocenters. The molecule has 0 bridgehead atoms. The molecule has 1 unspecified atom stereocenters. The molecule has 0 aromatic rings. The molecule has 0 aromatic carbocycles. The van der Waals surface area contributed by atoms with E-state index in [1.807, 2.05) is 13.8 Å². The number of hydrogen-bond donors (Lipinski definition) is 2. The van der Waals surface area contributed by atoms with Crippen LogP contribution in [0.4, 0.5) is 0 Å². The van der Waals surface area contributed by atoms with Crippen LogP contribution in [0.15, 0.2) is 12.2 Å². The lowest BCUT2D eigenvalue weighted by atomic mass is 10.2. The van der Waals surface area contributed by atoms with Gasteiger partial charge in [0.15, 0.2) is 0 Å². The van der Waals surface area contributed by atoms with Crippen LogP contribution < -0.4 is 0 Å². The molecule has 0 heterocycles. The first-order chi connectivity index (χ1) is 9.55. The first-order valence-corrected chi connectivity index (χ1v) is 8.47. The summed E-state index contributed by atoms with van der Waals surface area (Å²) in [5, 5.41) is 9.80. The third kappa shape index (κ3) is 8.15. The lowest BCUT2D eigenvalue weighted by molar-refractivity contribution is -0.927. The van der Waals surface area contributed by atoms with Gasteiger partial charge in [0.2, 0.25) is 0 Å². The Hall–Kier alpha value is -0.960. The van der Waals surface area contributed by atoms with Crippen LogP contribution in [0.1, 0.15) is 20.8 Å². The van der Waals surface area contributed by atoms with Gasteiger partial charge in [-0.05, 0) is 20.8 Å². The van der Waals surface area contributed by atoms with Crippen molar-refractivity contribution in [1.82, 2.24) is 0 Å². The third-order valence-electron chi connectivity index (χ3n) is 3.49. The van der Waals surface area contributed by atoms with Crippen molar-refractivity contribution in [2.75, 3.05) is 38.5 Å². The van der Waals surface area contributed by atoms with E-state index in [0.29, 0.717) is 29.7 Å². The van der Waals surface area contributed by atoms with Crippen molar-refractivity contribution < 1.29 is 32.1 Å². The number of likely N-dealkylation sites (N-methyl/N-ethyl adjacent to an activating group) is 1. The Morgan fingerprint density at radius 3 is 2.24 bits per heavy atom. The monoisotopic (exact) mass is 324 g/mol. The van der Waals surface area contributed by atoms with Gasteiger partial charge < -0.3 is 14.3 Å². The van der Waals surface area contributed by atoms with Gasteiger partial charge in [-0.1, -0.05) is 6.58 Å². The smallest absolute Gasteiger partial charge is 0.333 e. The standard InChI is InChI=1S/C13H25NO6S/c1-5-14(6-2,7-8-20-13(16)11(3)4)9-12(15)10-21(17,18)19/h12,15H,3,5-10H2,1-2,4H3/p+1. The van der Waals surface area contributed by atoms with Crippen LogP contribution in [0, 0.1) is 0 Å². The van der Waals surface area contributed by atoms with E-state index in [0.717, 1.165) is 0 Å². The maximum absolute atomic E-state index is 11.3. The Morgan fingerprint density at radius 2 is 1.86 bits per heavy atom. The van der Waals surface area contributed by atoms with Crippen LogP contribution in [0.25, 0.3) is 0 Å². The van der Waals surface area contributed by atoms with Crippen molar-refractivity contribution in [2.24, 2.45) is 0 Å². The number of hydrogen-bond acceptors (Lipinski definition) is 5. The summed E-state index contributed by atoms with van der Waals surface area (Å²) >= 11 is 0. The lowest BCUT2D eigenvalue weighted by Gasteiger charge is -2.38. The highest BCUT2D eigenvalue weighted by Crippen LogP contribution is 2.10. The summed E-state index contributed by atoms with van der Waals surface area (Å²) in [5.41, 5.74) is 0.313. The Labute approximate surface area is 126 Å². The fraction of sp³-hybridized carbons (Fsp3) is 0.769. The number of rotatable bonds is 10. The number of carbonyl (C=O) groups excluding carboxylic acids is 1. The molecule has 8 heteroatoms. The topological polar surface area (TPSA) is 101 Å². The molecule has 7 nitrogen and oxygen atoms in total. The maximum Gasteiger partial charge on any atom is 0.333 e. The molecule has 0 saturated heterocycles. The van der Waals surface area contributed by atoms with Gasteiger partial charge in [0.1, 0.15) is 31.6 Å². The third-order valence-corrected chi connectivity index (χ3v) is 4.30. The van der Waals surface area contributed by atoms with Gasteiger partial charge in [-0.25, -0.2) is 4.79 Å². The van der Waals surface area contributed by atoms with Crippen molar-refractivity contribution in [3.8, 4) is 0 Å². The van der Waals surface area contributed by atoms with Crippen LogP contribution in [-0.4, -0.2) is 73.2 Å². The summed E-state index contributed by atoms with van der Waals surface area (Å²) in [6.07, 6.45) is -1.17. The molecule has 0 saturated carbocycles.